The smallest absolute Gasteiger partial charge is 0.235 e. The van der Waals surface area contributed by atoms with E-state index >= 15 is 0 Å². The molecular weight excluding hydrogens is 316 g/mol. The molecule has 0 saturated heterocycles. The van der Waals surface area contributed by atoms with Crippen LogP contribution in [0.4, 0.5) is 11.4 Å². The number of rotatable bonds is 6. The molecule has 0 heterocycles. The van der Waals surface area contributed by atoms with E-state index in [0.717, 1.165) is 29.8 Å². The summed E-state index contributed by atoms with van der Waals surface area (Å²) in [5.41, 5.74) is 2.34. The zero-order valence-corrected chi connectivity index (χ0v) is 15.1. The van der Waals surface area contributed by atoms with Crippen LogP contribution in [0.15, 0.2) is 42.5 Å². The standard InChI is InChI=1S/C20H24N2O3/c1-22(2)16-7-5-6-15(13-16)21-19(23)20(10-11-20)14-8-9-17(24-3)18(12-14)25-4/h5-9,12-13H,10-11H2,1-4H3,(H,21,23). The van der Waals surface area contributed by atoms with Crippen molar-refractivity contribution in [3.63, 3.8) is 0 Å². The number of carbonyl (C=O) groups is 1. The molecule has 1 aliphatic rings. The first kappa shape index (κ1) is 17.1. The van der Waals surface area contributed by atoms with E-state index in [-0.39, 0.29) is 5.91 Å². The molecule has 0 atom stereocenters. The van der Waals surface area contributed by atoms with Gasteiger partial charge in [0.2, 0.25) is 5.91 Å². The molecule has 3 rings (SSSR count). The first-order chi connectivity index (χ1) is 12.0. The first-order valence-corrected chi connectivity index (χ1v) is 8.31. The van der Waals surface area contributed by atoms with Gasteiger partial charge in [-0.15, -0.1) is 0 Å². The predicted octanol–water partition coefficient (Wildman–Crippen LogP) is 3.44. The lowest BCUT2D eigenvalue weighted by molar-refractivity contribution is -0.118. The lowest BCUT2D eigenvalue weighted by Gasteiger charge is -2.19. The van der Waals surface area contributed by atoms with Crippen molar-refractivity contribution in [2.75, 3.05) is 38.5 Å². The van der Waals surface area contributed by atoms with Crippen molar-refractivity contribution in [1.29, 1.82) is 0 Å². The molecule has 5 heteroatoms. The van der Waals surface area contributed by atoms with Gasteiger partial charge in [-0.05, 0) is 48.7 Å². The number of methoxy groups -OCH3 is 2. The normalized spacial score (nSPS) is 14.6. The molecule has 0 bridgehead atoms. The monoisotopic (exact) mass is 340 g/mol. The van der Waals surface area contributed by atoms with Gasteiger partial charge in [0, 0.05) is 25.5 Å². The third-order valence-corrected chi connectivity index (χ3v) is 4.74. The van der Waals surface area contributed by atoms with Gasteiger partial charge in [0.1, 0.15) is 0 Å². The van der Waals surface area contributed by atoms with Gasteiger partial charge in [-0.3, -0.25) is 4.79 Å². The molecule has 1 amide bonds. The van der Waals surface area contributed by atoms with Crippen LogP contribution in [0, 0.1) is 0 Å². The van der Waals surface area contributed by atoms with Crippen molar-refractivity contribution in [2.45, 2.75) is 18.3 Å². The molecule has 0 unspecified atom stereocenters. The lowest BCUT2D eigenvalue weighted by Crippen LogP contribution is -2.28. The Hall–Kier alpha value is -2.69. The molecule has 5 nitrogen and oxygen atoms in total. The molecule has 1 N–H and O–H groups in total. The Kier molecular flexibility index (Phi) is 4.57. The van der Waals surface area contributed by atoms with Gasteiger partial charge in [0.05, 0.1) is 19.6 Å². The molecule has 132 valence electrons. The number of benzene rings is 2. The summed E-state index contributed by atoms with van der Waals surface area (Å²) in [4.78, 5) is 14.9. The van der Waals surface area contributed by atoms with E-state index in [1.54, 1.807) is 14.2 Å². The summed E-state index contributed by atoms with van der Waals surface area (Å²) >= 11 is 0. The van der Waals surface area contributed by atoms with Gasteiger partial charge in [0.15, 0.2) is 11.5 Å². The zero-order valence-electron chi connectivity index (χ0n) is 15.1. The molecule has 25 heavy (non-hydrogen) atoms. The van der Waals surface area contributed by atoms with Gasteiger partial charge in [-0.1, -0.05) is 12.1 Å². The zero-order chi connectivity index (χ0) is 18.0. The van der Waals surface area contributed by atoms with E-state index in [0.29, 0.717) is 11.5 Å². The second-order valence-corrected chi connectivity index (χ2v) is 6.55. The lowest BCUT2D eigenvalue weighted by atomic mass is 9.94. The topological polar surface area (TPSA) is 50.8 Å². The molecule has 0 aliphatic heterocycles. The van der Waals surface area contributed by atoms with Gasteiger partial charge < -0.3 is 19.7 Å². The van der Waals surface area contributed by atoms with Crippen LogP contribution in [0.5, 0.6) is 11.5 Å². The highest BCUT2D eigenvalue weighted by molar-refractivity contribution is 6.01. The summed E-state index contributed by atoms with van der Waals surface area (Å²) in [6.07, 6.45) is 1.67. The number of hydrogen-bond acceptors (Lipinski definition) is 4. The van der Waals surface area contributed by atoms with Crippen molar-refractivity contribution in [3.05, 3.63) is 48.0 Å². The van der Waals surface area contributed by atoms with Crippen molar-refractivity contribution in [3.8, 4) is 11.5 Å². The van der Waals surface area contributed by atoms with Crippen LogP contribution in [0.2, 0.25) is 0 Å². The molecule has 1 aliphatic carbocycles. The van der Waals surface area contributed by atoms with Crippen LogP contribution < -0.4 is 19.7 Å². The number of nitrogens with one attached hydrogen (secondary N) is 1. The Balaban J connectivity index is 1.83. The molecule has 1 saturated carbocycles. The van der Waals surface area contributed by atoms with Crippen LogP contribution in [-0.2, 0) is 10.2 Å². The highest BCUT2D eigenvalue weighted by Gasteiger charge is 2.51. The third-order valence-electron chi connectivity index (χ3n) is 4.74. The SMILES string of the molecule is COc1ccc(C2(C(=O)Nc3cccc(N(C)C)c3)CC2)cc1OC. The van der Waals surface area contributed by atoms with Crippen LogP contribution in [0.3, 0.4) is 0 Å². The van der Waals surface area contributed by atoms with E-state index in [2.05, 4.69) is 5.32 Å². The summed E-state index contributed by atoms with van der Waals surface area (Å²) < 4.78 is 10.7. The van der Waals surface area contributed by atoms with Crippen LogP contribution in [-0.4, -0.2) is 34.2 Å². The number of hydrogen-bond donors (Lipinski definition) is 1. The average molecular weight is 340 g/mol. The van der Waals surface area contributed by atoms with Gasteiger partial charge >= 0.3 is 0 Å². The van der Waals surface area contributed by atoms with Crippen LogP contribution in [0.1, 0.15) is 18.4 Å². The maximum Gasteiger partial charge on any atom is 0.235 e. The van der Waals surface area contributed by atoms with E-state index in [4.69, 9.17) is 9.47 Å². The van der Waals surface area contributed by atoms with E-state index < -0.39 is 5.41 Å². The maximum atomic E-state index is 12.9. The van der Waals surface area contributed by atoms with Crippen molar-refractivity contribution in [1.82, 2.24) is 0 Å². The Labute approximate surface area is 148 Å². The number of amides is 1. The predicted molar refractivity (Wildman–Crippen MR) is 99.9 cm³/mol. The Morgan fingerprint density at radius 2 is 1.76 bits per heavy atom. The summed E-state index contributed by atoms with van der Waals surface area (Å²) in [6, 6.07) is 13.6. The number of anilines is 2. The number of carbonyl (C=O) groups excluding carboxylic acids is 1. The average Bonchev–Trinajstić information content (AvgIpc) is 3.43. The molecule has 1 fully saturated rings. The highest BCUT2D eigenvalue weighted by atomic mass is 16.5. The summed E-state index contributed by atoms with van der Waals surface area (Å²) in [5.74, 6) is 1.34. The highest BCUT2D eigenvalue weighted by Crippen LogP contribution is 2.50. The summed E-state index contributed by atoms with van der Waals surface area (Å²) in [6.45, 7) is 0. The molecule has 2 aromatic carbocycles. The minimum atomic E-state index is -0.478. The van der Waals surface area contributed by atoms with E-state index in [1.807, 2.05) is 61.5 Å². The molecule has 0 spiro atoms. The Bertz CT molecular complexity index is 782. The first-order valence-electron chi connectivity index (χ1n) is 8.31. The van der Waals surface area contributed by atoms with Gasteiger partial charge in [-0.25, -0.2) is 0 Å². The van der Waals surface area contributed by atoms with Crippen molar-refractivity contribution < 1.29 is 14.3 Å². The van der Waals surface area contributed by atoms with Crippen LogP contribution >= 0.6 is 0 Å². The van der Waals surface area contributed by atoms with E-state index in [1.165, 1.54) is 0 Å². The van der Waals surface area contributed by atoms with Crippen molar-refractivity contribution >= 4 is 17.3 Å². The van der Waals surface area contributed by atoms with E-state index in [9.17, 15) is 4.79 Å². The fraction of sp³-hybridized carbons (Fsp3) is 0.350. The number of nitrogens with zero attached hydrogens (tertiary/aromatic N) is 1. The summed E-state index contributed by atoms with van der Waals surface area (Å²) in [7, 11) is 7.17. The van der Waals surface area contributed by atoms with Gasteiger partial charge in [-0.2, -0.15) is 0 Å². The van der Waals surface area contributed by atoms with Gasteiger partial charge in [0.25, 0.3) is 0 Å². The summed E-state index contributed by atoms with van der Waals surface area (Å²) in [5, 5.41) is 3.07. The molecule has 0 radical (unpaired) electrons. The quantitative estimate of drug-likeness (QED) is 0.875. The van der Waals surface area contributed by atoms with Crippen molar-refractivity contribution in [2.24, 2.45) is 0 Å². The minimum Gasteiger partial charge on any atom is -0.493 e. The fourth-order valence-corrected chi connectivity index (χ4v) is 3.02. The second kappa shape index (κ2) is 6.67. The maximum absolute atomic E-state index is 12.9. The Morgan fingerprint density at radius 3 is 2.36 bits per heavy atom. The van der Waals surface area contributed by atoms with Crippen LogP contribution in [0.25, 0.3) is 0 Å². The molecule has 2 aromatic rings. The molecular formula is C20H24N2O3. The fourth-order valence-electron chi connectivity index (χ4n) is 3.02. The number of ether oxygens (including phenoxy) is 2. The minimum absolute atomic E-state index is 0.0237. The Morgan fingerprint density at radius 1 is 1.04 bits per heavy atom. The third kappa shape index (κ3) is 3.27. The largest absolute Gasteiger partial charge is 0.493 e. The molecule has 0 aromatic heterocycles. The second-order valence-electron chi connectivity index (χ2n) is 6.55.